The highest BCUT2D eigenvalue weighted by molar-refractivity contribution is 5.86. The predicted molar refractivity (Wildman–Crippen MR) is 71.1 cm³/mol. The molecule has 106 valence electrons. The summed E-state index contributed by atoms with van der Waals surface area (Å²) >= 11 is 0. The number of hydrogen-bond acceptors (Lipinski definition) is 5. The number of methoxy groups -OCH3 is 2. The van der Waals surface area contributed by atoms with Crippen LogP contribution in [0.2, 0.25) is 0 Å². The van der Waals surface area contributed by atoms with Crippen LogP contribution in [0.1, 0.15) is 20.8 Å². The van der Waals surface area contributed by atoms with E-state index in [1.807, 2.05) is 0 Å². The number of aromatic hydroxyl groups is 1. The van der Waals surface area contributed by atoms with E-state index < -0.39 is 11.7 Å². The third kappa shape index (κ3) is 4.24. The molecular formula is C13H19NO5. The first-order valence-corrected chi connectivity index (χ1v) is 5.72. The predicted octanol–water partition coefficient (Wildman–Crippen LogP) is 2.76. The molecule has 19 heavy (non-hydrogen) atoms. The zero-order valence-corrected chi connectivity index (χ0v) is 11.7. The lowest BCUT2D eigenvalue weighted by Gasteiger charge is -2.20. The van der Waals surface area contributed by atoms with Gasteiger partial charge in [-0.25, -0.2) is 4.79 Å². The number of phenols is 1. The Morgan fingerprint density at radius 2 is 1.84 bits per heavy atom. The van der Waals surface area contributed by atoms with Gasteiger partial charge < -0.3 is 19.3 Å². The fourth-order valence-electron chi connectivity index (χ4n) is 1.44. The molecule has 6 heteroatoms. The molecule has 0 saturated heterocycles. The van der Waals surface area contributed by atoms with Crippen LogP contribution in [0.4, 0.5) is 10.5 Å². The second kappa shape index (κ2) is 5.69. The maximum Gasteiger partial charge on any atom is 0.412 e. The monoisotopic (exact) mass is 269 g/mol. The van der Waals surface area contributed by atoms with Crippen LogP contribution in [0.3, 0.4) is 0 Å². The van der Waals surface area contributed by atoms with E-state index >= 15 is 0 Å². The van der Waals surface area contributed by atoms with Gasteiger partial charge in [0.2, 0.25) is 5.75 Å². The van der Waals surface area contributed by atoms with Crippen molar-refractivity contribution >= 4 is 11.8 Å². The summed E-state index contributed by atoms with van der Waals surface area (Å²) in [6.07, 6.45) is -0.612. The van der Waals surface area contributed by atoms with Crippen molar-refractivity contribution in [2.45, 2.75) is 26.4 Å². The normalized spacial score (nSPS) is 10.8. The first kappa shape index (κ1) is 14.9. The minimum absolute atomic E-state index is 0.132. The van der Waals surface area contributed by atoms with E-state index in [0.29, 0.717) is 11.4 Å². The molecule has 2 N–H and O–H groups in total. The van der Waals surface area contributed by atoms with Gasteiger partial charge in [0.1, 0.15) is 5.60 Å². The molecule has 0 atom stereocenters. The molecule has 0 bridgehead atoms. The van der Waals surface area contributed by atoms with Gasteiger partial charge in [0.25, 0.3) is 0 Å². The lowest BCUT2D eigenvalue weighted by atomic mass is 10.2. The van der Waals surface area contributed by atoms with Gasteiger partial charge in [0.15, 0.2) is 11.5 Å². The van der Waals surface area contributed by atoms with Crippen molar-refractivity contribution < 1.29 is 24.1 Å². The Kier molecular flexibility index (Phi) is 4.47. The summed E-state index contributed by atoms with van der Waals surface area (Å²) < 4.78 is 15.2. The topological polar surface area (TPSA) is 77.0 Å². The molecular weight excluding hydrogens is 250 g/mol. The maximum atomic E-state index is 11.6. The smallest absolute Gasteiger partial charge is 0.412 e. The van der Waals surface area contributed by atoms with E-state index in [-0.39, 0.29) is 11.5 Å². The molecule has 0 saturated carbocycles. The quantitative estimate of drug-likeness (QED) is 0.882. The van der Waals surface area contributed by atoms with Crippen LogP contribution in [0.15, 0.2) is 12.1 Å². The Bertz CT molecular complexity index is 465. The first-order valence-electron chi connectivity index (χ1n) is 5.72. The Morgan fingerprint density at radius 1 is 1.21 bits per heavy atom. The highest BCUT2D eigenvalue weighted by Gasteiger charge is 2.18. The van der Waals surface area contributed by atoms with Gasteiger partial charge in [-0.15, -0.1) is 0 Å². The van der Waals surface area contributed by atoms with Crippen LogP contribution >= 0.6 is 0 Å². The average molecular weight is 269 g/mol. The third-order valence-corrected chi connectivity index (χ3v) is 2.10. The van der Waals surface area contributed by atoms with Crippen molar-refractivity contribution in [3.8, 4) is 17.2 Å². The summed E-state index contributed by atoms with van der Waals surface area (Å²) in [5.41, 5.74) is -0.243. The molecule has 0 aliphatic heterocycles. The standard InChI is InChI=1S/C13H19NO5/c1-13(2,3)19-12(16)14-8-6-9(15)11(18-5)10(7-8)17-4/h6-7,15H,1-5H3,(H,14,16). The molecule has 1 aromatic carbocycles. The molecule has 0 aromatic heterocycles. The van der Waals surface area contributed by atoms with Crippen molar-refractivity contribution in [3.63, 3.8) is 0 Å². The van der Waals surface area contributed by atoms with Crippen molar-refractivity contribution in [3.05, 3.63) is 12.1 Å². The highest BCUT2D eigenvalue weighted by atomic mass is 16.6. The molecule has 0 aliphatic rings. The van der Waals surface area contributed by atoms with E-state index in [4.69, 9.17) is 14.2 Å². The lowest BCUT2D eigenvalue weighted by Crippen LogP contribution is -2.27. The maximum absolute atomic E-state index is 11.6. The minimum atomic E-state index is -0.612. The van der Waals surface area contributed by atoms with E-state index in [2.05, 4.69) is 5.32 Å². The van der Waals surface area contributed by atoms with Crippen LogP contribution in [0.5, 0.6) is 17.2 Å². The van der Waals surface area contributed by atoms with E-state index in [1.165, 1.54) is 26.4 Å². The number of anilines is 1. The molecule has 0 spiro atoms. The molecule has 1 rings (SSSR count). The fraction of sp³-hybridized carbons (Fsp3) is 0.462. The van der Waals surface area contributed by atoms with E-state index in [1.54, 1.807) is 20.8 Å². The highest BCUT2D eigenvalue weighted by Crippen LogP contribution is 2.39. The minimum Gasteiger partial charge on any atom is -0.504 e. The number of rotatable bonds is 3. The summed E-state index contributed by atoms with van der Waals surface area (Å²) in [6, 6.07) is 2.88. The molecule has 6 nitrogen and oxygen atoms in total. The van der Waals surface area contributed by atoms with Crippen LogP contribution in [-0.2, 0) is 4.74 Å². The molecule has 0 aliphatic carbocycles. The van der Waals surface area contributed by atoms with Gasteiger partial charge >= 0.3 is 6.09 Å². The second-order valence-electron chi connectivity index (χ2n) is 4.86. The third-order valence-electron chi connectivity index (χ3n) is 2.10. The SMILES string of the molecule is COc1cc(NC(=O)OC(C)(C)C)cc(O)c1OC. The zero-order chi connectivity index (χ0) is 14.6. The van der Waals surface area contributed by atoms with Crippen molar-refractivity contribution in [2.24, 2.45) is 0 Å². The molecule has 0 heterocycles. The zero-order valence-electron chi connectivity index (χ0n) is 11.7. The summed E-state index contributed by atoms with van der Waals surface area (Å²) in [4.78, 5) is 11.6. The van der Waals surface area contributed by atoms with Crippen LogP contribution in [0.25, 0.3) is 0 Å². The molecule has 0 fully saturated rings. The Balaban J connectivity index is 2.91. The summed E-state index contributed by atoms with van der Waals surface area (Å²) in [5, 5.41) is 12.3. The number of amides is 1. The van der Waals surface area contributed by atoms with Crippen LogP contribution < -0.4 is 14.8 Å². The number of phenolic OH excluding ortho intramolecular Hbond substituents is 1. The van der Waals surface area contributed by atoms with E-state index in [0.717, 1.165) is 0 Å². The van der Waals surface area contributed by atoms with Gasteiger partial charge in [-0.2, -0.15) is 0 Å². The van der Waals surface area contributed by atoms with Crippen molar-refractivity contribution in [2.75, 3.05) is 19.5 Å². The van der Waals surface area contributed by atoms with Gasteiger partial charge in [0.05, 0.1) is 19.9 Å². The second-order valence-corrected chi connectivity index (χ2v) is 4.86. The number of carbonyl (C=O) groups is 1. The number of benzene rings is 1. The summed E-state index contributed by atoms with van der Waals surface area (Å²) in [7, 11) is 2.85. The molecule has 1 amide bonds. The first-order chi connectivity index (χ1) is 8.76. The van der Waals surface area contributed by atoms with Gasteiger partial charge in [-0.1, -0.05) is 0 Å². The summed E-state index contributed by atoms with van der Waals surface area (Å²) in [6.45, 7) is 5.29. The fourth-order valence-corrected chi connectivity index (χ4v) is 1.44. The van der Waals surface area contributed by atoms with Gasteiger partial charge in [0, 0.05) is 12.1 Å². The van der Waals surface area contributed by atoms with Gasteiger partial charge in [-0.3, -0.25) is 5.32 Å². The van der Waals surface area contributed by atoms with Crippen molar-refractivity contribution in [1.29, 1.82) is 0 Å². The number of carbonyl (C=O) groups excluding carboxylic acids is 1. The number of ether oxygens (including phenoxy) is 3. The Labute approximate surface area is 112 Å². The average Bonchev–Trinajstić information content (AvgIpc) is 2.25. The molecule has 0 radical (unpaired) electrons. The molecule has 1 aromatic rings. The number of nitrogens with one attached hydrogen (secondary N) is 1. The van der Waals surface area contributed by atoms with E-state index in [9.17, 15) is 9.90 Å². The van der Waals surface area contributed by atoms with Gasteiger partial charge in [-0.05, 0) is 20.8 Å². The van der Waals surface area contributed by atoms with Crippen LogP contribution in [0, 0.1) is 0 Å². The molecule has 0 unspecified atom stereocenters. The lowest BCUT2D eigenvalue weighted by molar-refractivity contribution is 0.0636. The largest absolute Gasteiger partial charge is 0.504 e. The van der Waals surface area contributed by atoms with Crippen LogP contribution in [-0.4, -0.2) is 31.0 Å². The Morgan fingerprint density at radius 3 is 2.32 bits per heavy atom. The Hall–Kier alpha value is -2.11. The summed E-state index contributed by atoms with van der Waals surface area (Å²) in [5.74, 6) is 0.388. The number of hydrogen-bond donors (Lipinski definition) is 2. The van der Waals surface area contributed by atoms with Crippen molar-refractivity contribution in [1.82, 2.24) is 0 Å².